The fourth-order valence-electron chi connectivity index (χ4n) is 1.36. The molecule has 2 rings (SSSR count). The van der Waals surface area contributed by atoms with Gasteiger partial charge in [0.05, 0.1) is 16.3 Å². The van der Waals surface area contributed by atoms with Crippen molar-refractivity contribution in [2.45, 2.75) is 0 Å². The number of nitro groups is 1. The number of non-ortho nitro benzene ring substituents is 1. The van der Waals surface area contributed by atoms with E-state index in [9.17, 15) is 10.1 Å². The Morgan fingerprint density at radius 3 is 2.56 bits per heavy atom. The van der Waals surface area contributed by atoms with Crippen LogP contribution in [0.15, 0.2) is 58.8 Å². The molecule has 0 saturated carbocycles. The number of hydrogen-bond acceptors (Lipinski definition) is 5. The highest BCUT2D eigenvalue weighted by Crippen LogP contribution is 2.25. The zero-order chi connectivity index (χ0) is 13.0. The lowest BCUT2D eigenvalue weighted by Crippen LogP contribution is -1.85. The van der Waals surface area contributed by atoms with Gasteiger partial charge >= 0.3 is 0 Å². The van der Waals surface area contributed by atoms with Crippen molar-refractivity contribution in [3.63, 3.8) is 0 Å². The minimum atomic E-state index is -0.476. The second kappa shape index (κ2) is 5.05. The molecule has 0 aliphatic rings. The Bertz CT molecular complexity index is 611. The number of nitrogen functional groups attached to an aromatic ring is 1. The molecule has 0 radical (unpaired) electrons. The van der Waals surface area contributed by atoms with E-state index in [0.717, 1.165) is 0 Å². The Balaban J connectivity index is 2.27. The van der Waals surface area contributed by atoms with Crippen molar-refractivity contribution in [1.29, 1.82) is 0 Å². The van der Waals surface area contributed by atoms with Crippen LogP contribution in [0, 0.1) is 10.1 Å². The van der Waals surface area contributed by atoms with Crippen LogP contribution >= 0.6 is 0 Å². The number of para-hydroxylation sites is 1. The maximum Gasteiger partial charge on any atom is 0.271 e. The molecule has 0 amide bonds. The highest BCUT2D eigenvalue weighted by Gasteiger charge is 2.04. The third-order valence-electron chi connectivity index (χ3n) is 2.25. The fourth-order valence-corrected chi connectivity index (χ4v) is 1.36. The second-order valence-corrected chi connectivity index (χ2v) is 3.54. The van der Waals surface area contributed by atoms with Gasteiger partial charge < -0.3 is 5.73 Å². The number of benzene rings is 2. The van der Waals surface area contributed by atoms with E-state index in [1.165, 1.54) is 12.1 Å². The number of azo groups is 1. The highest BCUT2D eigenvalue weighted by molar-refractivity contribution is 5.61. The van der Waals surface area contributed by atoms with Gasteiger partial charge in [-0.05, 0) is 18.2 Å². The molecule has 0 heterocycles. The summed E-state index contributed by atoms with van der Waals surface area (Å²) >= 11 is 0. The van der Waals surface area contributed by atoms with Crippen molar-refractivity contribution in [2.24, 2.45) is 10.2 Å². The van der Waals surface area contributed by atoms with Gasteiger partial charge in [0.1, 0.15) is 5.69 Å². The minimum absolute atomic E-state index is 0.0208. The topological polar surface area (TPSA) is 93.9 Å². The quantitative estimate of drug-likeness (QED) is 0.385. The van der Waals surface area contributed by atoms with Gasteiger partial charge in [0.25, 0.3) is 5.69 Å². The van der Waals surface area contributed by atoms with Crippen molar-refractivity contribution >= 4 is 22.7 Å². The molecule has 6 heteroatoms. The summed E-state index contributed by atoms with van der Waals surface area (Å²) in [4.78, 5) is 10.1. The minimum Gasteiger partial charge on any atom is -0.397 e. The largest absolute Gasteiger partial charge is 0.397 e. The summed E-state index contributed by atoms with van der Waals surface area (Å²) in [7, 11) is 0. The van der Waals surface area contributed by atoms with E-state index >= 15 is 0 Å². The van der Waals surface area contributed by atoms with Gasteiger partial charge in [-0.2, -0.15) is 5.11 Å². The Hall–Kier alpha value is -2.76. The third-order valence-corrected chi connectivity index (χ3v) is 2.25. The summed E-state index contributed by atoms with van der Waals surface area (Å²) in [5.41, 5.74) is 7.13. The highest BCUT2D eigenvalue weighted by atomic mass is 16.6. The summed E-state index contributed by atoms with van der Waals surface area (Å²) in [5, 5.41) is 18.5. The predicted octanol–water partition coefficient (Wildman–Crippen LogP) is 3.59. The van der Waals surface area contributed by atoms with Gasteiger partial charge in [0.2, 0.25) is 0 Å². The first-order valence-corrected chi connectivity index (χ1v) is 5.17. The van der Waals surface area contributed by atoms with E-state index < -0.39 is 4.92 Å². The van der Waals surface area contributed by atoms with Crippen molar-refractivity contribution in [3.05, 3.63) is 58.6 Å². The van der Waals surface area contributed by atoms with Crippen LogP contribution in [0.4, 0.5) is 22.7 Å². The van der Waals surface area contributed by atoms with E-state index in [1.54, 1.807) is 36.4 Å². The van der Waals surface area contributed by atoms with Crippen LogP contribution in [0.1, 0.15) is 0 Å². The number of nitrogens with zero attached hydrogens (tertiary/aromatic N) is 3. The Labute approximate surface area is 103 Å². The molecule has 0 unspecified atom stereocenters. The molecule has 0 bridgehead atoms. The van der Waals surface area contributed by atoms with Crippen LogP contribution in [-0.2, 0) is 0 Å². The number of rotatable bonds is 3. The Morgan fingerprint density at radius 1 is 1.06 bits per heavy atom. The molecule has 2 aromatic rings. The molecule has 18 heavy (non-hydrogen) atoms. The molecular formula is C12H10N4O2. The lowest BCUT2D eigenvalue weighted by molar-refractivity contribution is -0.384. The second-order valence-electron chi connectivity index (χ2n) is 3.54. The predicted molar refractivity (Wildman–Crippen MR) is 68.1 cm³/mol. The zero-order valence-corrected chi connectivity index (χ0v) is 9.35. The summed E-state index contributed by atoms with van der Waals surface area (Å²) in [5.74, 6) is 0. The van der Waals surface area contributed by atoms with E-state index in [0.29, 0.717) is 17.1 Å². The molecule has 0 saturated heterocycles. The SMILES string of the molecule is Nc1ccccc1N=Nc1cccc([N+](=O)[O-])c1. The number of nitro benzene ring substituents is 1. The lowest BCUT2D eigenvalue weighted by Gasteiger charge is -1.97. The molecule has 0 atom stereocenters. The molecule has 0 aliphatic carbocycles. The molecule has 2 aromatic carbocycles. The average Bonchev–Trinajstić information content (AvgIpc) is 2.38. The number of anilines is 1. The van der Waals surface area contributed by atoms with Crippen LogP contribution in [0.3, 0.4) is 0 Å². The normalized spacial score (nSPS) is 10.7. The molecule has 0 fully saturated rings. The standard InChI is InChI=1S/C12H10N4O2/c13-11-6-1-2-7-12(11)15-14-9-4-3-5-10(8-9)16(17)18/h1-8H,13H2. The van der Waals surface area contributed by atoms with Gasteiger partial charge in [-0.25, -0.2) is 0 Å². The maximum absolute atomic E-state index is 10.6. The monoisotopic (exact) mass is 242 g/mol. The molecule has 90 valence electrons. The Kier molecular flexibility index (Phi) is 3.29. The smallest absolute Gasteiger partial charge is 0.271 e. The molecule has 2 N–H and O–H groups in total. The zero-order valence-electron chi connectivity index (χ0n) is 9.35. The van der Waals surface area contributed by atoms with Crippen LogP contribution < -0.4 is 5.73 Å². The van der Waals surface area contributed by atoms with Crippen LogP contribution in [-0.4, -0.2) is 4.92 Å². The van der Waals surface area contributed by atoms with Gasteiger partial charge in [-0.3, -0.25) is 10.1 Å². The summed E-state index contributed by atoms with van der Waals surface area (Å²) in [6, 6.07) is 13.0. The number of hydrogen-bond donors (Lipinski definition) is 1. The third kappa shape index (κ3) is 2.67. The van der Waals surface area contributed by atoms with Gasteiger partial charge in [0, 0.05) is 12.1 Å². The lowest BCUT2D eigenvalue weighted by atomic mass is 10.3. The van der Waals surface area contributed by atoms with Crippen LogP contribution in [0.2, 0.25) is 0 Å². The first-order valence-electron chi connectivity index (χ1n) is 5.17. The van der Waals surface area contributed by atoms with Gasteiger partial charge in [0.15, 0.2) is 0 Å². The van der Waals surface area contributed by atoms with E-state index in [2.05, 4.69) is 10.2 Å². The average molecular weight is 242 g/mol. The van der Waals surface area contributed by atoms with Crippen LogP contribution in [0.25, 0.3) is 0 Å². The van der Waals surface area contributed by atoms with E-state index in [4.69, 9.17) is 5.73 Å². The van der Waals surface area contributed by atoms with Gasteiger partial charge in [-0.1, -0.05) is 18.2 Å². The first-order chi connectivity index (χ1) is 8.66. The van der Waals surface area contributed by atoms with Crippen molar-refractivity contribution in [3.8, 4) is 0 Å². The van der Waals surface area contributed by atoms with Crippen molar-refractivity contribution in [1.82, 2.24) is 0 Å². The van der Waals surface area contributed by atoms with Crippen molar-refractivity contribution < 1.29 is 4.92 Å². The molecule has 6 nitrogen and oxygen atoms in total. The van der Waals surface area contributed by atoms with Crippen molar-refractivity contribution in [2.75, 3.05) is 5.73 Å². The van der Waals surface area contributed by atoms with E-state index in [-0.39, 0.29) is 5.69 Å². The molecule has 0 aliphatic heterocycles. The summed E-state index contributed by atoms with van der Waals surface area (Å²) < 4.78 is 0. The fraction of sp³-hybridized carbons (Fsp3) is 0. The molecule has 0 spiro atoms. The summed E-state index contributed by atoms with van der Waals surface area (Å²) in [6.45, 7) is 0. The van der Waals surface area contributed by atoms with Gasteiger partial charge in [-0.15, -0.1) is 5.11 Å². The van der Waals surface area contributed by atoms with Crippen LogP contribution in [0.5, 0.6) is 0 Å². The summed E-state index contributed by atoms with van der Waals surface area (Å²) in [6.07, 6.45) is 0. The molecule has 0 aromatic heterocycles. The molecular weight excluding hydrogens is 232 g/mol. The first kappa shape index (κ1) is 11.7. The maximum atomic E-state index is 10.6. The number of nitrogens with two attached hydrogens (primary N) is 1. The Morgan fingerprint density at radius 2 is 1.83 bits per heavy atom. The van der Waals surface area contributed by atoms with E-state index in [1.807, 2.05) is 0 Å².